The van der Waals surface area contributed by atoms with E-state index in [1.54, 1.807) is 41.0 Å². The normalized spacial score (nSPS) is 14.4. The molecule has 1 aromatic carbocycles. The first-order chi connectivity index (χ1) is 18.9. The number of halogens is 1. The Balaban J connectivity index is 1.74. The van der Waals surface area contributed by atoms with Crippen LogP contribution in [0.5, 0.6) is 17.4 Å². The Kier molecular flexibility index (Phi) is 7.70. The third-order valence-electron chi connectivity index (χ3n) is 5.86. The molecule has 4 aromatic rings. The molecule has 1 fully saturated rings. The summed E-state index contributed by atoms with van der Waals surface area (Å²) in [5, 5.41) is -0.168. The number of hydrogen-bond donors (Lipinski definition) is 1. The maximum absolute atomic E-state index is 13.1. The number of ether oxygens (including phenoxy) is 4. The Bertz CT molecular complexity index is 1590. The summed E-state index contributed by atoms with van der Waals surface area (Å²) in [6.07, 6.45) is 0. The number of imidazole rings is 1. The molecule has 206 valence electrons. The highest BCUT2D eigenvalue weighted by atomic mass is 35.5. The van der Waals surface area contributed by atoms with E-state index in [1.807, 2.05) is 6.92 Å². The number of aromatic nitrogens is 5. The van der Waals surface area contributed by atoms with Crippen molar-refractivity contribution in [2.24, 2.45) is 0 Å². The molecular weight excluding hydrogens is 550 g/mol. The number of nitrogens with one attached hydrogen (secondary N) is 1. The molecule has 0 aliphatic carbocycles. The van der Waals surface area contributed by atoms with E-state index in [2.05, 4.69) is 24.7 Å². The standard InChI is InChI=1S/C24H26ClN7O6S/c1-4-38-18-10-5-7-15(26-18)23-29-22-24(32(23)19-16(35-2)8-6-9-17(19)36-3)28-21(20(25)27-22)30-39(33,34)31-11-13-37-14-12-31/h5-10H,4,11-14H2,1-3H3,(H,28,30). The average Bonchev–Trinajstić information content (AvgIpc) is 3.31. The predicted molar refractivity (Wildman–Crippen MR) is 144 cm³/mol. The number of rotatable bonds is 9. The van der Waals surface area contributed by atoms with Crippen LogP contribution in [0.2, 0.25) is 5.15 Å². The van der Waals surface area contributed by atoms with Gasteiger partial charge in [0.05, 0.1) is 34.0 Å². The van der Waals surface area contributed by atoms with Crippen molar-refractivity contribution < 1.29 is 27.4 Å². The lowest BCUT2D eigenvalue weighted by Crippen LogP contribution is -2.43. The Labute approximate surface area is 229 Å². The molecule has 1 saturated heterocycles. The highest BCUT2D eigenvalue weighted by Gasteiger charge is 2.28. The van der Waals surface area contributed by atoms with Crippen molar-refractivity contribution in [3.05, 3.63) is 41.6 Å². The van der Waals surface area contributed by atoms with Crippen molar-refractivity contribution in [2.45, 2.75) is 6.92 Å². The molecule has 0 bridgehead atoms. The van der Waals surface area contributed by atoms with Crippen LogP contribution in [0.4, 0.5) is 5.82 Å². The number of morpholine rings is 1. The highest BCUT2D eigenvalue weighted by molar-refractivity contribution is 7.90. The largest absolute Gasteiger partial charge is 0.494 e. The molecule has 13 nitrogen and oxygen atoms in total. The maximum Gasteiger partial charge on any atom is 0.303 e. The second-order valence-electron chi connectivity index (χ2n) is 8.20. The number of para-hydroxylation sites is 1. The zero-order valence-electron chi connectivity index (χ0n) is 21.4. The summed E-state index contributed by atoms with van der Waals surface area (Å²) in [5.74, 6) is 1.47. The van der Waals surface area contributed by atoms with Gasteiger partial charge in [-0.25, -0.2) is 19.9 Å². The van der Waals surface area contributed by atoms with Gasteiger partial charge in [-0.2, -0.15) is 12.7 Å². The number of fused-ring (bicyclic) bond motifs is 1. The van der Waals surface area contributed by atoms with Gasteiger partial charge in [-0.15, -0.1) is 0 Å². The summed E-state index contributed by atoms with van der Waals surface area (Å²) in [6.45, 7) is 3.26. The van der Waals surface area contributed by atoms with Crippen molar-refractivity contribution in [1.29, 1.82) is 0 Å². The molecule has 0 radical (unpaired) electrons. The Morgan fingerprint density at radius 3 is 2.36 bits per heavy atom. The fraction of sp³-hybridized carbons (Fsp3) is 0.333. The number of hydrogen-bond acceptors (Lipinski definition) is 10. The zero-order chi connectivity index (χ0) is 27.6. The van der Waals surface area contributed by atoms with Gasteiger partial charge in [0.15, 0.2) is 28.1 Å². The minimum absolute atomic E-state index is 0.154. The monoisotopic (exact) mass is 575 g/mol. The lowest BCUT2D eigenvalue weighted by atomic mass is 10.2. The number of anilines is 1. The molecule has 3 aromatic heterocycles. The van der Waals surface area contributed by atoms with Crippen LogP contribution >= 0.6 is 11.6 Å². The summed E-state index contributed by atoms with van der Waals surface area (Å²) >= 11 is 6.41. The van der Waals surface area contributed by atoms with E-state index in [1.165, 1.54) is 18.5 Å². The smallest absolute Gasteiger partial charge is 0.303 e. The van der Waals surface area contributed by atoms with Crippen LogP contribution in [0.15, 0.2) is 36.4 Å². The molecule has 0 spiro atoms. The van der Waals surface area contributed by atoms with E-state index >= 15 is 0 Å². The molecular formula is C24H26ClN7O6S. The second kappa shape index (κ2) is 11.2. The van der Waals surface area contributed by atoms with Crippen LogP contribution in [0.25, 0.3) is 28.5 Å². The second-order valence-corrected chi connectivity index (χ2v) is 10.2. The van der Waals surface area contributed by atoms with E-state index in [0.717, 1.165) is 0 Å². The van der Waals surface area contributed by atoms with Crippen LogP contribution in [0.1, 0.15) is 6.92 Å². The van der Waals surface area contributed by atoms with Crippen LogP contribution in [-0.4, -0.2) is 84.4 Å². The van der Waals surface area contributed by atoms with Crippen LogP contribution < -0.4 is 18.9 Å². The SMILES string of the molecule is CCOc1cccc(-c2nc3nc(Cl)c(NS(=O)(=O)N4CCOCC4)nc3n2-c2c(OC)cccc2OC)n1. The van der Waals surface area contributed by atoms with Gasteiger partial charge < -0.3 is 18.9 Å². The Morgan fingerprint density at radius 2 is 1.69 bits per heavy atom. The summed E-state index contributed by atoms with van der Waals surface area (Å²) < 4.78 is 53.6. The number of benzene rings is 1. The van der Waals surface area contributed by atoms with E-state index in [4.69, 9.17) is 30.5 Å². The molecule has 1 aliphatic rings. The average molecular weight is 576 g/mol. The summed E-state index contributed by atoms with van der Waals surface area (Å²) in [7, 11) is -0.933. The predicted octanol–water partition coefficient (Wildman–Crippen LogP) is 2.94. The molecule has 4 heterocycles. The van der Waals surface area contributed by atoms with Crippen molar-refractivity contribution in [3.8, 4) is 34.6 Å². The third kappa shape index (κ3) is 5.28. The fourth-order valence-electron chi connectivity index (χ4n) is 4.12. The third-order valence-corrected chi connectivity index (χ3v) is 7.62. The summed E-state index contributed by atoms with van der Waals surface area (Å²) in [6, 6.07) is 10.6. The summed E-state index contributed by atoms with van der Waals surface area (Å²) in [5.41, 5.74) is 1.25. The van der Waals surface area contributed by atoms with Gasteiger partial charge in [-0.05, 0) is 25.1 Å². The van der Waals surface area contributed by atoms with E-state index < -0.39 is 10.2 Å². The van der Waals surface area contributed by atoms with Gasteiger partial charge in [0.25, 0.3) is 0 Å². The maximum atomic E-state index is 13.1. The van der Waals surface area contributed by atoms with E-state index in [-0.39, 0.29) is 48.6 Å². The van der Waals surface area contributed by atoms with Crippen molar-refractivity contribution in [1.82, 2.24) is 28.8 Å². The zero-order valence-corrected chi connectivity index (χ0v) is 23.0. The Hall–Kier alpha value is -3.72. The summed E-state index contributed by atoms with van der Waals surface area (Å²) in [4.78, 5) is 18.2. The van der Waals surface area contributed by atoms with Crippen molar-refractivity contribution in [2.75, 3.05) is 51.9 Å². The first kappa shape index (κ1) is 26.9. The minimum atomic E-state index is -3.98. The van der Waals surface area contributed by atoms with Crippen LogP contribution in [0, 0.1) is 0 Å². The van der Waals surface area contributed by atoms with Gasteiger partial charge in [0, 0.05) is 19.2 Å². The van der Waals surface area contributed by atoms with Crippen molar-refractivity contribution >= 4 is 38.9 Å². The lowest BCUT2D eigenvalue weighted by Gasteiger charge is -2.26. The number of pyridine rings is 1. The van der Waals surface area contributed by atoms with E-state index in [9.17, 15) is 8.42 Å². The topological polar surface area (TPSA) is 143 Å². The first-order valence-electron chi connectivity index (χ1n) is 12.0. The van der Waals surface area contributed by atoms with Crippen LogP contribution in [-0.2, 0) is 14.9 Å². The van der Waals surface area contributed by atoms with Gasteiger partial charge in [0.2, 0.25) is 5.88 Å². The molecule has 0 unspecified atom stereocenters. The molecule has 15 heteroatoms. The van der Waals surface area contributed by atoms with Crippen molar-refractivity contribution in [3.63, 3.8) is 0 Å². The molecule has 0 saturated carbocycles. The Morgan fingerprint density at radius 1 is 1.00 bits per heavy atom. The number of nitrogens with zero attached hydrogens (tertiary/aromatic N) is 6. The fourth-order valence-corrected chi connectivity index (χ4v) is 5.49. The van der Waals surface area contributed by atoms with Crippen LogP contribution in [0.3, 0.4) is 0 Å². The van der Waals surface area contributed by atoms with E-state index in [0.29, 0.717) is 41.2 Å². The molecule has 0 atom stereocenters. The molecule has 1 aliphatic heterocycles. The van der Waals surface area contributed by atoms with Gasteiger partial charge in [-0.1, -0.05) is 23.7 Å². The number of methoxy groups -OCH3 is 2. The van der Waals surface area contributed by atoms with Gasteiger partial charge in [-0.3, -0.25) is 9.29 Å². The van der Waals surface area contributed by atoms with Gasteiger partial charge in [0.1, 0.15) is 22.9 Å². The highest BCUT2D eigenvalue weighted by Crippen LogP contribution is 2.38. The quantitative estimate of drug-likeness (QED) is 0.316. The molecule has 39 heavy (non-hydrogen) atoms. The van der Waals surface area contributed by atoms with Gasteiger partial charge >= 0.3 is 10.2 Å². The molecule has 5 rings (SSSR count). The minimum Gasteiger partial charge on any atom is -0.494 e. The first-order valence-corrected chi connectivity index (χ1v) is 13.8. The lowest BCUT2D eigenvalue weighted by molar-refractivity contribution is 0.0733. The molecule has 1 N–H and O–H groups in total. The molecule has 0 amide bonds.